The summed E-state index contributed by atoms with van der Waals surface area (Å²) < 4.78 is 24.3. The first-order valence-electron chi connectivity index (χ1n) is 7.90. The Morgan fingerprint density at radius 2 is 1.92 bits per heavy atom. The summed E-state index contributed by atoms with van der Waals surface area (Å²) in [5, 5.41) is 2.72. The molecule has 0 atom stereocenters. The van der Waals surface area contributed by atoms with Gasteiger partial charge in [0.1, 0.15) is 6.33 Å². The van der Waals surface area contributed by atoms with Gasteiger partial charge in [0.05, 0.1) is 22.9 Å². The van der Waals surface area contributed by atoms with Crippen LogP contribution in [-0.4, -0.2) is 30.0 Å². The van der Waals surface area contributed by atoms with Crippen molar-refractivity contribution < 1.29 is 13.2 Å². The first-order chi connectivity index (χ1) is 11.5. The van der Waals surface area contributed by atoms with E-state index in [9.17, 15) is 13.2 Å². The lowest BCUT2D eigenvalue weighted by molar-refractivity contribution is -0.120. The van der Waals surface area contributed by atoms with Gasteiger partial charge in [-0.3, -0.25) is 4.79 Å². The molecule has 0 radical (unpaired) electrons. The van der Waals surface area contributed by atoms with Crippen molar-refractivity contribution in [3.8, 4) is 0 Å². The molecule has 1 heterocycles. The van der Waals surface area contributed by atoms with Gasteiger partial charge in [0.25, 0.3) is 0 Å². The number of aromatic nitrogens is 2. The molecule has 1 aliphatic rings. The van der Waals surface area contributed by atoms with Crippen molar-refractivity contribution in [1.29, 1.82) is 0 Å². The van der Waals surface area contributed by atoms with Crippen LogP contribution in [0.3, 0.4) is 0 Å². The van der Waals surface area contributed by atoms with Crippen LogP contribution in [0.4, 0.5) is 0 Å². The van der Waals surface area contributed by atoms with Gasteiger partial charge in [-0.15, -0.1) is 0 Å². The zero-order chi connectivity index (χ0) is 17.0. The third-order valence-corrected chi connectivity index (χ3v) is 5.64. The molecule has 1 aliphatic carbocycles. The number of sulfone groups is 1. The van der Waals surface area contributed by atoms with Crippen molar-refractivity contribution in [3.05, 3.63) is 54.1 Å². The zero-order valence-electron chi connectivity index (χ0n) is 13.2. The summed E-state index contributed by atoms with van der Waals surface area (Å²) in [7, 11) is -3.43. The third-order valence-electron chi connectivity index (χ3n) is 3.91. The van der Waals surface area contributed by atoms with E-state index in [0.29, 0.717) is 5.92 Å². The van der Waals surface area contributed by atoms with Crippen molar-refractivity contribution in [1.82, 2.24) is 15.3 Å². The predicted molar refractivity (Wildman–Crippen MR) is 89.0 cm³/mol. The van der Waals surface area contributed by atoms with Crippen LogP contribution in [0.2, 0.25) is 0 Å². The number of nitrogens with one attached hydrogen (secondary N) is 1. The maximum Gasteiger partial charge on any atom is 0.221 e. The minimum Gasteiger partial charge on any atom is -0.350 e. The fourth-order valence-corrected chi connectivity index (χ4v) is 3.63. The molecule has 0 aliphatic heterocycles. The van der Waals surface area contributed by atoms with Crippen molar-refractivity contribution in [2.24, 2.45) is 0 Å². The molecule has 6 nitrogen and oxygen atoms in total. The Hall–Kier alpha value is -2.28. The fraction of sp³-hybridized carbons (Fsp3) is 0.353. The average molecular weight is 345 g/mol. The highest BCUT2D eigenvalue weighted by molar-refractivity contribution is 7.91. The van der Waals surface area contributed by atoms with Crippen LogP contribution in [0, 0.1) is 0 Å². The van der Waals surface area contributed by atoms with Gasteiger partial charge in [0, 0.05) is 18.0 Å². The Labute approximate surface area is 141 Å². The lowest BCUT2D eigenvalue weighted by atomic mass is 10.2. The first kappa shape index (κ1) is 16.6. The fourth-order valence-electron chi connectivity index (χ4n) is 2.36. The summed E-state index contributed by atoms with van der Waals surface area (Å²) in [5.41, 5.74) is 1.76. The molecule has 1 saturated carbocycles. The standard InChI is InChI=1S/C17H19N3O3S/c21-17(8-9-24(22,23)15-4-2-1-3-5-15)18-11-14-10-16(13-6-7-13)20-12-19-14/h1-5,10,12-13H,6-9,11H2,(H,18,21). The van der Waals surface area contributed by atoms with Crippen molar-refractivity contribution >= 4 is 15.7 Å². The molecule has 1 fully saturated rings. The van der Waals surface area contributed by atoms with E-state index in [1.807, 2.05) is 6.07 Å². The second-order valence-corrected chi connectivity index (χ2v) is 7.98. The summed E-state index contributed by atoms with van der Waals surface area (Å²) in [6, 6.07) is 10.1. The van der Waals surface area contributed by atoms with Gasteiger partial charge >= 0.3 is 0 Å². The van der Waals surface area contributed by atoms with Gasteiger partial charge in [0.2, 0.25) is 5.91 Å². The topological polar surface area (TPSA) is 89.0 Å². The molecule has 3 rings (SSSR count). The second kappa shape index (κ2) is 7.09. The van der Waals surface area contributed by atoms with Gasteiger partial charge in [-0.25, -0.2) is 18.4 Å². The van der Waals surface area contributed by atoms with Gasteiger partial charge in [0.15, 0.2) is 9.84 Å². The largest absolute Gasteiger partial charge is 0.350 e. The summed E-state index contributed by atoms with van der Waals surface area (Å²) >= 11 is 0. The van der Waals surface area contributed by atoms with Crippen molar-refractivity contribution in [2.45, 2.75) is 36.6 Å². The molecule has 0 spiro atoms. The number of rotatable bonds is 7. The molecule has 7 heteroatoms. The Balaban J connectivity index is 1.50. The van der Waals surface area contributed by atoms with Crippen LogP contribution < -0.4 is 5.32 Å². The van der Waals surface area contributed by atoms with Crippen molar-refractivity contribution in [2.75, 3.05) is 5.75 Å². The van der Waals surface area contributed by atoms with Crippen LogP contribution in [0.1, 0.15) is 36.6 Å². The van der Waals surface area contributed by atoms with E-state index in [4.69, 9.17) is 0 Å². The van der Waals surface area contributed by atoms with Gasteiger partial charge < -0.3 is 5.32 Å². The highest BCUT2D eigenvalue weighted by atomic mass is 32.2. The third kappa shape index (κ3) is 4.38. The number of nitrogens with zero attached hydrogens (tertiary/aromatic N) is 2. The Morgan fingerprint density at radius 3 is 2.62 bits per heavy atom. The van der Waals surface area contributed by atoms with Gasteiger partial charge in [-0.1, -0.05) is 18.2 Å². The predicted octanol–water partition coefficient (Wildman–Crippen LogP) is 1.83. The summed E-state index contributed by atoms with van der Waals surface area (Å²) in [5.74, 6) is 0.0134. The first-order valence-corrected chi connectivity index (χ1v) is 9.55. The molecule has 0 saturated heterocycles. The van der Waals surface area contributed by atoms with Crippen LogP contribution in [0.5, 0.6) is 0 Å². The van der Waals surface area contributed by atoms with Crippen LogP contribution in [0.15, 0.2) is 47.6 Å². The molecule has 1 aromatic carbocycles. The number of hydrogen-bond acceptors (Lipinski definition) is 5. The lowest BCUT2D eigenvalue weighted by Crippen LogP contribution is -2.25. The molecule has 1 amide bonds. The van der Waals surface area contributed by atoms with E-state index >= 15 is 0 Å². The summed E-state index contributed by atoms with van der Waals surface area (Å²) in [6.07, 6.45) is 3.74. The second-order valence-electron chi connectivity index (χ2n) is 5.87. The van der Waals surface area contributed by atoms with Crippen LogP contribution >= 0.6 is 0 Å². The van der Waals surface area contributed by atoms with Crippen molar-refractivity contribution in [3.63, 3.8) is 0 Å². The number of hydrogen-bond donors (Lipinski definition) is 1. The van der Waals surface area contributed by atoms with E-state index in [1.165, 1.54) is 18.5 Å². The molecule has 1 N–H and O–H groups in total. The molecular weight excluding hydrogens is 326 g/mol. The summed E-state index contributed by atoms with van der Waals surface area (Å²) in [4.78, 5) is 20.5. The molecule has 0 bridgehead atoms. The molecule has 0 unspecified atom stereocenters. The van der Waals surface area contributed by atoms with Gasteiger partial charge in [-0.05, 0) is 31.0 Å². The molecular formula is C17H19N3O3S. The number of benzene rings is 1. The number of carbonyl (C=O) groups excluding carboxylic acids is 1. The average Bonchev–Trinajstić information content (AvgIpc) is 3.44. The Morgan fingerprint density at radius 1 is 1.17 bits per heavy atom. The highest BCUT2D eigenvalue weighted by Gasteiger charge is 2.25. The maximum absolute atomic E-state index is 12.1. The maximum atomic E-state index is 12.1. The molecule has 1 aromatic heterocycles. The van der Waals surface area contributed by atoms with Gasteiger partial charge in [-0.2, -0.15) is 0 Å². The number of carbonyl (C=O) groups is 1. The Kier molecular flexibility index (Phi) is 4.89. The van der Waals surface area contributed by atoms with Crippen LogP contribution in [-0.2, 0) is 21.2 Å². The van der Waals surface area contributed by atoms with E-state index in [1.54, 1.807) is 18.2 Å². The van der Waals surface area contributed by atoms with E-state index in [0.717, 1.165) is 24.2 Å². The number of amides is 1. The normalized spacial score (nSPS) is 14.3. The van der Waals surface area contributed by atoms with E-state index < -0.39 is 9.84 Å². The molecule has 2 aromatic rings. The van der Waals surface area contributed by atoms with Crippen LogP contribution in [0.25, 0.3) is 0 Å². The van der Waals surface area contributed by atoms with E-state index in [-0.39, 0.29) is 29.5 Å². The zero-order valence-corrected chi connectivity index (χ0v) is 14.0. The molecule has 24 heavy (non-hydrogen) atoms. The molecule has 126 valence electrons. The quantitative estimate of drug-likeness (QED) is 0.827. The van der Waals surface area contributed by atoms with E-state index in [2.05, 4.69) is 15.3 Å². The minimum atomic E-state index is -3.43. The highest BCUT2D eigenvalue weighted by Crippen LogP contribution is 2.38. The monoisotopic (exact) mass is 345 g/mol. The minimum absolute atomic E-state index is 0.0716. The Bertz CT molecular complexity index is 818. The lowest BCUT2D eigenvalue weighted by Gasteiger charge is -2.07. The summed E-state index contributed by atoms with van der Waals surface area (Å²) in [6.45, 7) is 0.284. The SMILES string of the molecule is O=C(CCS(=O)(=O)c1ccccc1)NCc1cc(C2CC2)ncn1. The smallest absolute Gasteiger partial charge is 0.221 e.